The lowest BCUT2D eigenvalue weighted by Crippen LogP contribution is -2.52. The molecule has 0 radical (unpaired) electrons. The molecular weight excluding hydrogens is 537 g/mol. The van der Waals surface area contributed by atoms with Gasteiger partial charge in [-0.2, -0.15) is 17.5 Å². The molecule has 2 saturated heterocycles. The summed E-state index contributed by atoms with van der Waals surface area (Å²) in [7, 11) is -4.38. The number of hydrogen-bond acceptors (Lipinski definition) is 6. The zero-order valence-electron chi connectivity index (χ0n) is 21.8. The maximum Gasteiger partial charge on any atom is 0.404 e. The van der Waals surface area contributed by atoms with Crippen LogP contribution in [0.3, 0.4) is 0 Å². The number of nitrogens with one attached hydrogen (secondary N) is 1. The molecule has 0 aromatic heterocycles. The zero-order chi connectivity index (χ0) is 28.5. The van der Waals surface area contributed by atoms with Gasteiger partial charge in [0.25, 0.3) is 5.91 Å². The van der Waals surface area contributed by atoms with Crippen molar-refractivity contribution >= 4 is 33.3 Å². The number of imide groups is 1. The van der Waals surface area contributed by atoms with Crippen LogP contribution in [0.2, 0.25) is 0 Å². The molecule has 212 valence electrons. The van der Waals surface area contributed by atoms with Gasteiger partial charge in [0, 0.05) is 51.3 Å². The van der Waals surface area contributed by atoms with Crippen LogP contribution in [0.5, 0.6) is 0 Å². The average Bonchev–Trinajstić information content (AvgIpc) is 3.18. The highest BCUT2D eigenvalue weighted by molar-refractivity contribution is 7.89. The first-order chi connectivity index (χ1) is 18.3. The molecule has 39 heavy (non-hydrogen) atoms. The quantitative estimate of drug-likeness (QED) is 0.400. The van der Waals surface area contributed by atoms with Gasteiger partial charge < -0.3 is 4.90 Å². The number of alkyl halides is 3. The molecule has 0 aliphatic carbocycles. The molecule has 0 bridgehead atoms. The molecule has 3 aliphatic heterocycles. The van der Waals surface area contributed by atoms with Gasteiger partial charge in [-0.05, 0) is 48.6 Å². The molecule has 1 aromatic rings. The molecule has 3 heterocycles. The topological polar surface area (TPSA) is 107 Å². The number of piperidine rings is 1. The highest BCUT2D eigenvalue weighted by Gasteiger charge is 2.40. The summed E-state index contributed by atoms with van der Waals surface area (Å²) in [5.41, 5.74) is 4.13. The SMILES string of the molecule is C/C=C(\C=C\CN1CCN(S(=O)(=O)CC(F)(F)F)CC1)c1ccc2c(c1C)CN(C1CCC(=O)NC1=O)C2=O. The number of carbonyl (C=O) groups is 3. The van der Waals surface area contributed by atoms with E-state index in [4.69, 9.17) is 0 Å². The Morgan fingerprint density at radius 3 is 2.44 bits per heavy atom. The number of sulfonamides is 1. The molecule has 9 nitrogen and oxygen atoms in total. The predicted octanol–water partition coefficient (Wildman–Crippen LogP) is 2.23. The summed E-state index contributed by atoms with van der Waals surface area (Å²) in [6.07, 6.45) is 1.49. The summed E-state index contributed by atoms with van der Waals surface area (Å²) >= 11 is 0. The Labute approximate surface area is 225 Å². The van der Waals surface area contributed by atoms with E-state index in [9.17, 15) is 36.0 Å². The number of allylic oxidation sites excluding steroid dienone is 3. The van der Waals surface area contributed by atoms with Crippen LogP contribution in [-0.2, 0) is 26.2 Å². The average molecular weight is 569 g/mol. The summed E-state index contributed by atoms with van der Waals surface area (Å²) in [5.74, 6) is -2.87. The van der Waals surface area contributed by atoms with Gasteiger partial charge >= 0.3 is 6.18 Å². The number of rotatable bonds is 7. The molecule has 1 atom stereocenters. The maximum atomic E-state index is 13.1. The van der Waals surface area contributed by atoms with Crippen molar-refractivity contribution < 1.29 is 36.0 Å². The van der Waals surface area contributed by atoms with Crippen LogP contribution >= 0.6 is 0 Å². The van der Waals surface area contributed by atoms with Crippen molar-refractivity contribution in [3.63, 3.8) is 0 Å². The third-order valence-corrected chi connectivity index (χ3v) is 9.20. The summed E-state index contributed by atoms with van der Waals surface area (Å²) in [4.78, 5) is 40.4. The molecule has 13 heteroatoms. The van der Waals surface area contributed by atoms with Crippen LogP contribution in [-0.4, -0.2) is 90.9 Å². The number of carbonyl (C=O) groups excluding carboxylic acids is 3. The Morgan fingerprint density at radius 2 is 1.82 bits per heavy atom. The molecule has 3 aliphatic rings. The molecule has 1 N–H and O–H groups in total. The van der Waals surface area contributed by atoms with Crippen LogP contribution in [0.15, 0.2) is 30.4 Å². The van der Waals surface area contributed by atoms with Gasteiger partial charge in [-0.1, -0.05) is 24.3 Å². The van der Waals surface area contributed by atoms with E-state index in [0.717, 1.165) is 26.6 Å². The first kappa shape index (κ1) is 29.0. The van der Waals surface area contributed by atoms with Gasteiger partial charge in [-0.15, -0.1) is 0 Å². The van der Waals surface area contributed by atoms with E-state index in [1.165, 1.54) is 4.90 Å². The second-order valence-corrected chi connectivity index (χ2v) is 11.9. The standard InChI is InChI=1S/C26H31F3N4O5S/c1-3-18(5-4-10-31-11-13-32(14-12-31)39(37,38)16-26(27,28)29)19-6-7-20-21(17(19)2)15-33(25(20)36)22-8-9-23(34)30-24(22)35/h3-7,22H,8-16H2,1-2H3,(H,30,34,35)/b5-4+,18-3+. The lowest BCUT2D eigenvalue weighted by Gasteiger charge is -2.33. The lowest BCUT2D eigenvalue weighted by atomic mass is 9.93. The van der Waals surface area contributed by atoms with Gasteiger partial charge in [-0.3, -0.25) is 24.6 Å². The molecule has 3 amide bonds. The second kappa shape index (κ2) is 11.2. The fourth-order valence-electron chi connectivity index (χ4n) is 5.26. The van der Waals surface area contributed by atoms with Crippen molar-refractivity contribution in [2.24, 2.45) is 0 Å². The van der Waals surface area contributed by atoms with E-state index < -0.39 is 33.9 Å². The van der Waals surface area contributed by atoms with Gasteiger partial charge in [0.2, 0.25) is 21.8 Å². The van der Waals surface area contributed by atoms with Crippen LogP contribution in [0.25, 0.3) is 5.57 Å². The first-order valence-corrected chi connectivity index (χ1v) is 14.3. The van der Waals surface area contributed by atoms with Crippen LogP contribution in [0, 0.1) is 6.92 Å². The van der Waals surface area contributed by atoms with Crippen LogP contribution in [0.4, 0.5) is 13.2 Å². The third kappa shape index (κ3) is 6.42. The van der Waals surface area contributed by atoms with E-state index in [1.54, 1.807) is 6.07 Å². The number of nitrogens with zero attached hydrogens (tertiary/aromatic N) is 3. The third-order valence-electron chi connectivity index (χ3n) is 7.36. The summed E-state index contributed by atoms with van der Waals surface area (Å²) in [6, 6.07) is 2.93. The molecule has 0 saturated carbocycles. The monoisotopic (exact) mass is 568 g/mol. The summed E-state index contributed by atoms with van der Waals surface area (Å²) in [5, 5.41) is 2.30. The van der Waals surface area contributed by atoms with Crippen molar-refractivity contribution in [1.82, 2.24) is 19.4 Å². The minimum absolute atomic E-state index is 0.00433. The van der Waals surface area contributed by atoms with Crippen molar-refractivity contribution in [2.45, 2.75) is 45.5 Å². The smallest absolute Gasteiger partial charge is 0.322 e. The zero-order valence-corrected chi connectivity index (χ0v) is 22.6. The highest BCUT2D eigenvalue weighted by atomic mass is 32.2. The molecule has 1 aromatic carbocycles. The van der Waals surface area contributed by atoms with E-state index in [-0.39, 0.29) is 37.9 Å². The van der Waals surface area contributed by atoms with E-state index >= 15 is 0 Å². The number of fused-ring (bicyclic) bond motifs is 1. The Hall–Kier alpha value is -3.03. The van der Waals surface area contributed by atoms with Crippen LogP contribution < -0.4 is 5.32 Å². The summed E-state index contributed by atoms with van der Waals surface area (Å²) < 4.78 is 62.6. The highest BCUT2D eigenvalue weighted by Crippen LogP contribution is 2.33. The normalized spacial score (nSPS) is 22.1. The number of benzene rings is 1. The number of amides is 3. The Kier molecular flexibility index (Phi) is 8.33. The van der Waals surface area contributed by atoms with E-state index in [1.807, 2.05) is 43.0 Å². The van der Waals surface area contributed by atoms with Gasteiger partial charge in [0.05, 0.1) is 0 Å². The summed E-state index contributed by atoms with van der Waals surface area (Å²) in [6.45, 7) is 5.24. The molecule has 4 rings (SSSR count). The predicted molar refractivity (Wildman–Crippen MR) is 138 cm³/mol. The van der Waals surface area contributed by atoms with E-state index in [0.29, 0.717) is 31.6 Å². The number of piperazine rings is 1. The minimum atomic E-state index is -4.77. The van der Waals surface area contributed by atoms with Crippen LogP contribution in [0.1, 0.15) is 46.8 Å². The molecule has 2 fully saturated rings. The van der Waals surface area contributed by atoms with Crippen molar-refractivity contribution in [1.29, 1.82) is 0 Å². The molecular formula is C26H31F3N4O5S. The largest absolute Gasteiger partial charge is 0.404 e. The van der Waals surface area contributed by atoms with Crippen molar-refractivity contribution in [3.05, 3.63) is 52.6 Å². The number of hydrogen-bond donors (Lipinski definition) is 1. The lowest BCUT2D eigenvalue weighted by molar-refractivity contribution is -0.137. The fraction of sp³-hybridized carbons (Fsp3) is 0.500. The second-order valence-electron chi connectivity index (χ2n) is 9.88. The number of halogens is 3. The Balaban J connectivity index is 1.39. The van der Waals surface area contributed by atoms with Gasteiger partial charge in [0.15, 0.2) is 5.75 Å². The minimum Gasteiger partial charge on any atom is -0.322 e. The van der Waals surface area contributed by atoms with Gasteiger partial charge in [-0.25, -0.2) is 8.42 Å². The fourth-order valence-corrected chi connectivity index (χ4v) is 6.58. The Morgan fingerprint density at radius 1 is 1.13 bits per heavy atom. The molecule has 1 unspecified atom stereocenters. The molecule has 0 spiro atoms. The first-order valence-electron chi connectivity index (χ1n) is 12.7. The maximum absolute atomic E-state index is 13.1. The van der Waals surface area contributed by atoms with Gasteiger partial charge in [0.1, 0.15) is 6.04 Å². The van der Waals surface area contributed by atoms with E-state index in [2.05, 4.69) is 5.32 Å². The Bertz CT molecular complexity index is 1330. The van der Waals surface area contributed by atoms with Crippen molar-refractivity contribution in [3.8, 4) is 0 Å². The van der Waals surface area contributed by atoms with Crippen molar-refractivity contribution in [2.75, 3.05) is 38.5 Å².